The van der Waals surface area contributed by atoms with E-state index in [9.17, 15) is 4.79 Å². The first-order valence-electron chi connectivity index (χ1n) is 5.77. The zero-order chi connectivity index (χ0) is 10.7. The van der Waals surface area contributed by atoms with E-state index >= 15 is 0 Å². The Labute approximate surface area is 87.5 Å². The van der Waals surface area contributed by atoms with E-state index in [1.165, 1.54) is 12.8 Å². The molecule has 0 radical (unpaired) electrons. The molecule has 1 aliphatic carbocycles. The maximum absolute atomic E-state index is 11.7. The van der Waals surface area contributed by atoms with Gasteiger partial charge in [-0.1, -0.05) is 27.2 Å². The van der Waals surface area contributed by atoms with Crippen LogP contribution in [0.2, 0.25) is 0 Å². The van der Waals surface area contributed by atoms with Crippen molar-refractivity contribution in [2.75, 3.05) is 7.05 Å². The Hall–Kier alpha value is -0.530. The fourth-order valence-electron chi connectivity index (χ4n) is 2.69. The van der Waals surface area contributed by atoms with Gasteiger partial charge in [0, 0.05) is 13.0 Å². The van der Waals surface area contributed by atoms with E-state index in [-0.39, 0.29) is 11.8 Å². The summed E-state index contributed by atoms with van der Waals surface area (Å²) in [5, 5.41) is 2.80. The minimum Gasteiger partial charge on any atom is -0.359 e. The van der Waals surface area contributed by atoms with Gasteiger partial charge in [0.25, 0.3) is 0 Å². The zero-order valence-electron chi connectivity index (χ0n) is 9.84. The first kappa shape index (κ1) is 11.5. The van der Waals surface area contributed by atoms with E-state index in [1.54, 1.807) is 7.05 Å². The molecule has 0 unspecified atom stereocenters. The third-order valence-corrected chi connectivity index (χ3v) is 3.61. The molecule has 2 heteroatoms. The van der Waals surface area contributed by atoms with Crippen molar-refractivity contribution in [3.8, 4) is 0 Å². The Morgan fingerprint density at radius 3 is 2.50 bits per heavy atom. The minimum absolute atomic E-state index is 0.246. The molecule has 0 spiro atoms. The predicted octanol–water partition coefficient (Wildman–Crippen LogP) is 2.44. The summed E-state index contributed by atoms with van der Waals surface area (Å²) < 4.78 is 0. The van der Waals surface area contributed by atoms with Crippen LogP contribution in [0.5, 0.6) is 0 Å². The third kappa shape index (κ3) is 2.49. The predicted molar refractivity (Wildman–Crippen MR) is 58.9 cm³/mol. The summed E-state index contributed by atoms with van der Waals surface area (Å²) in [5.41, 5.74) is 0. The van der Waals surface area contributed by atoms with Crippen molar-refractivity contribution in [3.63, 3.8) is 0 Å². The van der Waals surface area contributed by atoms with E-state index in [4.69, 9.17) is 0 Å². The van der Waals surface area contributed by atoms with Crippen molar-refractivity contribution >= 4 is 5.91 Å². The summed E-state index contributed by atoms with van der Waals surface area (Å²) >= 11 is 0. The van der Waals surface area contributed by atoms with Crippen LogP contribution in [-0.4, -0.2) is 13.0 Å². The summed E-state index contributed by atoms with van der Waals surface area (Å²) in [6.07, 6.45) is 3.58. The second-order valence-corrected chi connectivity index (χ2v) is 5.05. The van der Waals surface area contributed by atoms with Crippen LogP contribution in [0, 0.1) is 23.7 Å². The fraction of sp³-hybridized carbons (Fsp3) is 0.917. The van der Waals surface area contributed by atoms with Gasteiger partial charge in [0.05, 0.1) is 0 Å². The minimum atomic E-state index is 0.246. The first-order chi connectivity index (χ1) is 6.56. The Kier molecular flexibility index (Phi) is 3.97. The van der Waals surface area contributed by atoms with Gasteiger partial charge < -0.3 is 5.32 Å². The van der Waals surface area contributed by atoms with E-state index < -0.39 is 0 Å². The van der Waals surface area contributed by atoms with Crippen LogP contribution in [0.25, 0.3) is 0 Å². The lowest BCUT2D eigenvalue weighted by atomic mass is 9.70. The molecule has 1 amide bonds. The lowest BCUT2D eigenvalue weighted by molar-refractivity contribution is -0.128. The Morgan fingerprint density at radius 1 is 1.36 bits per heavy atom. The Morgan fingerprint density at radius 2 is 2.00 bits per heavy atom. The molecule has 0 saturated heterocycles. The van der Waals surface area contributed by atoms with Crippen LogP contribution in [0.15, 0.2) is 0 Å². The molecule has 1 rings (SSSR count). The highest BCUT2D eigenvalue weighted by Crippen LogP contribution is 2.37. The van der Waals surface area contributed by atoms with E-state index in [0.717, 1.165) is 6.42 Å². The van der Waals surface area contributed by atoms with E-state index in [2.05, 4.69) is 26.1 Å². The van der Waals surface area contributed by atoms with Gasteiger partial charge in [-0.3, -0.25) is 4.79 Å². The van der Waals surface area contributed by atoms with Crippen LogP contribution in [-0.2, 0) is 4.79 Å². The van der Waals surface area contributed by atoms with Gasteiger partial charge in [0.1, 0.15) is 0 Å². The number of amides is 1. The van der Waals surface area contributed by atoms with Crippen LogP contribution >= 0.6 is 0 Å². The lowest BCUT2D eigenvalue weighted by Crippen LogP contribution is -2.38. The summed E-state index contributed by atoms with van der Waals surface area (Å²) in [6, 6.07) is 0. The Balaban J connectivity index is 2.68. The molecule has 0 aliphatic heterocycles. The molecule has 0 aromatic carbocycles. The van der Waals surface area contributed by atoms with Gasteiger partial charge >= 0.3 is 0 Å². The molecule has 1 fully saturated rings. The van der Waals surface area contributed by atoms with Crippen LogP contribution in [0.4, 0.5) is 0 Å². The molecule has 1 aliphatic rings. The molecule has 1 saturated carbocycles. The SMILES string of the molecule is CNC(=O)[C@@H]1C[C@H](C)CC[C@H]1C(C)C. The van der Waals surface area contributed by atoms with Crippen molar-refractivity contribution in [2.45, 2.75) is 40.0 Å². The highest BCUT2D eigenvalue weighted by molar-refractivity contribution is 5.78. The van der Waals surface area contributed by atoms with Gasteiger partial charge in [0.2, 0.25) is 5.91 Å². The summed E-state index contributed by atoms with van der Waals surface area (Å²) in [4.78, 5) is 11.7. The van der Waals surface area contributed by atoms with Crippen LogP contribution < -0.4 is 5.32 Å². The summed E-state index contributed by atoms with van der Waals surface area (Å²) in [6.45, 7) is 6.72. The van der Waals surface area contributed by atoms with Gasteiger partial charge in [-0.25, -0.2) is 0 Å². The molecule has 3 atom stereocenters. The van der Waals surface area contributed by atoms with E-state index in [0.29, 0.717) is 17.8 Å². The van der Waals surface area contributed by atoms with Gasteiger partial charge in [-0.2, -0.15) is 0 Å². The molecule has 0 aromatic heterocycles. The van der Waals surface area contributed by atoms with Crippen molar-refractivity contribution in [1.82, 2.24) is 5.32 Å². The quantitative estimate of drug-likeness (QED) is 0.724. The van der Waals surface area contributed by atoms with Gasteiger partial charge in [-0.05, 0) is 30.6 Å². The molecular formula is C12H23NO. The topological polar surface area (TPSA) is 29.1 Å². The highest BCUT2D eigenvalue weighted by atomic mass is 16.1. The molecule has 2 nitrogen and oxygen atoms in total. The second-order valence-electron chi connectivity index (χ2n) is 5.05. The maximum Gasteiger partial charge on any atom is 0.223 e. The number of hydrogen-bond acceptors (Lipinski definition) is 1. The van der Waals surface area contributed by atoms with Crippen molar-refractivity contribution in [1.29, 1.82) is 0 Å². The van der Waals surface area contributed by atoms with Crippen LogP contribution in [0.3, 0.4) is 0 Å². The monoisotopic (exact) mass is 197 g/mol. The zero-order valence-corrected chi connectivity index (χ0v) is 9.84. The van der Waals surface area contributed by atoms with Crippen molar-refractivity contribution in [3.05, 3.63) is 0 Å². The molecular weight excluding hydrogens is 174 g/mol. The van der Waals surface area contributed by atoms with Gasteiger partial charge in [0.15, 0.2) is 0 Å². The number of carbonyl (C=O) groups is 1. The second kappa shape index (κ2) is 4.81. The number of rotatable bonds is 2. The van der Waals surface area contributed by atoms with Crippen molar-refractivity contribution < 1.29 is 4.79 Å². The number of hydrogen-bond donors (Lipinski definition) is 1. The fourth-order valence-corrected chi connectivity index (χ4v) is 2.69. The summed E-state index contributed by atoms with van der Waals surface area (Å²) in [7, 11) is 1.75. The molecule has 0 aromatic rings. The van der Waals surface area contributed by atoms with Crippen LogP contribution in [0.1, 0.15) is 40.0 Å². The normalized spacial score (nSPS) is 33.1. The maximum atomic E-state index is 11.7. The molecule has 82 valence electrons. The highest BCUT2D eigenvalue weighted by Gasteiger charge is 2.34. The average molecular weight is 197 g/mol. The molecule has 0 heterocycles. The van der Waals surface area contributed by atoms with Gasteiger partial charge in [-0.15, -0.1) is 0 Å². The largest absolute Gasteiger partial charge is 0.359 e. The smallest absolute Gasteiger partial charge is 0.223 e. The number of carbonyl (C=O) groups excluding carboxylic acids is 1. The molecule has 14 heavy (non-hydrogen) atoms. The van der Waals surface area contributed by atoms with Crippen molar-refractivity contribution in [2.24, 2.45) is 23.7 Å². The standard InChI is InChI=1S/C12H23NO/c1-8(2)10-6-5-9(3)7-11(10)12(14)13-4/h8-11H,5-7H2,1-4H3,(H,13,14)/t9-,10+,11-/m1/s1. The third-order valence-electron chi connectivity index (χ3n) is 3.61. The molecule has 1 N–H and O–H groups in total. The average Bonchev–Trinajstić information content (AvgIpc) is 2.16. The van der Waals surface area contributed by atoms with E-state index in [1.807, 2.05) is 0 Å². The molecule has 0 bridgehead atoms. The number of nitrogens with one attached hydrogen (secondary N) is 1. The lowest BCUT2D eigenvalue weighted by Gasteiger charge is -2.36. The summed E-state index contributed by atoms with van der Waals surface area (Å²) in [5.74, 6) is 2.43. The Bertz CT molecular complexity index is 200. The first-order valence-corrected chi connectivity index (χ1v) is 5.77.